The van der Waals surface area contributed by atoms with Crippen molar-refractivity contribution < 1.29 is 4.79 Å². The molecule has 0 fully saturated rings. The first-order chi connectivity index (χ1) is 11.7. The number of carbonyl (C=O) groups is 1. The predicted molar refractivity (Wildman–Crippen MR) is 95.8 cm³/mol. The third-order valence-electron chi connectivity index (χ3n) is 3.36. The summed E-state index contributed by atoms with van der Waals surface area (Å²) in [5.41, 5.74) is 2.30. The van der Waals surface area contributed by atoms with E-state index in [0.717, 1.165) is 30.6 Å². The second kappa shape index (κ2) is 9.68. The van der Waals surface area contributed by atoms with Crippen molar-refractivity contribution in [1.82, 2.24) is 9.97 Å². The molecule has 0 spiro atoms. The van der Waals surface area contributed by atoms with Crippen LogP contribution in [0.3, 0.4) is 0 Å². The Labute approximate surface area is 146 Å². The molecular formula is C18H20N4OS. The Morgan fingerprint density at radius 2 is 2.08 bits per heavy atom. The van der Waals surface area contributed by atoms with Crippen molar-refractivity contribution in [2.45, 2.75) is 37.6 Å². The van der Waals surface area contributed by atoms with Gasteiger partial charge >= 0.3 is 0 Å². The lowest BCUT2D eigenvalue weighted by Crippen LogP contribution is -2.12. The highest BCUT2D eigenvalue weighted by Gasteiger charge is 2.08. The number of nitrogens with zero attached hydrogens (tertiary/aromatic N) is 3. The monoisotopic (exact) mass is 340 g/mol. The summed E-state index contributed by atoms with van der Waals surface area (Å²) in [7, 11) is 0. The number of hydrogen-bond donors (Lipinski definition) is 1. The average molecular weight is 340 g/mol. The maximum atomic E-state index is 11.9. The molecule has 1 amide bonds. The molecule has 2 aromatic heterocycles. The summed E-state index contributed by atoms with van der Waals surface area (Å²) < 4.78 is 0. The molecule has 2 rings (SSSR count). The van der Waals surface area contributed by atoms with E-state index in [0.29, 0.717) is 22.8 Å². The quantitative estimate of drug-likeness (QED) is 0.739. The van der Waals surface area contributed by atoms with Gasteiger partial charge in [0.2, 0.25) is 5.91 Å². The van der Waals surface area contributed by atoms with Crippen LogP contribution in [0.2, 0.25) is 0 Å². The molecule has 0 radical (unpaired) electrons. The fraction of sp³-hybridized carbons (Fsp3) is 0.333. The second-order valence-corrected chi connectivity index (χ2v) is 6.34. The van der Waals surface area contributed by atoms with Gasteiger partial charge in [-0.2, -0.15) is 5.26 Å². The van der Waals surface area contributed by atoms with Gasteiger partial charge < -0.3 is 5.32 Å². The van der Waals surface area contributed by atoms with Crippen LogP contribution >= 0.6 is 11.8 Å². The van der Waals surface area contributed by atoms with E-state index < -0.39 is 0 Å². The summed E-state index contributed by atoms with van der Waals surface area (Å²) in [6.45, 7) is 2.14. The number of thioether (sulfide) groups is 1. The first-order valence-electron chi connectivity index (χ1n) is 7.95. The molecular weight excluding hydrogens is 320 g/mol. The number of carbonyl (C=O) groups excluding carboxylic acids is 1. The number of aromatic nitrogens is 2. The molecule has 0 saturated carbocycles. The number of rotatable bonds is 8. The molecule has 1 N–H and O–H groups in total. The second-order valence-electron chi connectivity index (χ2n) is 5.25. The molecule has 0 bridgehead atoms. The number of unbranched alkanes of at least 4 members (excludes halogenated alkanes) is 1. The lowest BCUT2D eigenvalue weighted by molar-refractivity contribution is -0.115. The molecule has 24 heavy (non-hydrogen) atoms. The molecule has 124 valence electrons. The van der Waals surface area contributed by atoms with Crippen LogP contribution in [0.4, 0.5) is 5.69 Å². The van der Waals surface area contributed by atoms with E-state index in [1.165, 1.54) is 11.8 Å². The minimum atomic E-state index is -0.0608. The molecule has 0 aliphatic carbocycles. The lowest BCUT2D eigenvalue weighted by atomic mass is 10.2. The average Bonchev–Trinajstić information content (AvgIpc) is 2.61. The Hall–Kier alpha value is -2.39. The molecule has 5 nitrogen and oxygen atoms in total. The van der Waals surface area contributed by atoms with Crippen molar-refractivity contribution in [3.05, 3.63) is 47.9 Å². The van der Waals surface area contributed by atoms with E-state index in [9.17, 15) is 10.1 Å². The minimum absolute atomic E-state index is 0.0608. The summed E-state index contributed by atoms with van der Waals surface area (Å²) in [6, 6.07) is 9.39. The van der Waals surface area contributed by atoms with Gasteiger partial charge in [-0.25, -0.2) is 4.98 Å². The maximum absolute atomic E-state index is 11.9. The SMILES string of the molecule is CCCCc1ccc(C#N)c(SCCC(=O)Nc2ccncc2)n1. The maximum Gasteiger partial charge on any atom is 0.225 e. The highest BCUT2D eigenvalue weighted by molar-refractivity contribution is 7.99. The molecule has 2 aromatic rings. The van der Waals surface area contributed by atoms with Gasteiger partial charge in [0.15, 0.2) is 0 Å². The molecule has 2 heterocycles. The summed E-state index contributed by atoms with van der Waals surface area (Å²) in [6.07, 6.45) is 6.73. The largest absolute Gasteiger partial charge is 0.326 e. The topological polar surface area (TPSA) is 78.7 Å². The van der Waals surface area contributed by atoms with Gasteiger partial charge in [-0.15, -0.1) is 11.8 Å². The normalized spacial score (nSPS) is 10.2. The number of nitrogens with one attached hydrogen (secondary N) is 1. The van der Waals surface area contributed by atoms with Crippen molar-refractivity contribution in [3.63, 3.8) is 0 Å². The van der Waals surface area contributed by atoms with E-state index in [1.54, 1.807) is 24.5 Å². The molecule has 0 aliphatic heterocycles. The summed E-state index contributed by atoms with van der Waals surface area (Å²) in [5.74, 6) is 0.518. The van der Waals surface area contributed by atoms with Crippen LogP contribution in [0, 0.1) is 11.3 Å². The molecule has 0 atom stereocenters. The van der Waals surface area contributed by atoms with E-state index >= 15 is 0 Å². The predicted octanol–water partition coefficient (Wildman–Crippen LogP) is 3.81. The van der Waals surface area contributed by atoms with Gasteiger partial charge in [0, 0.05) is 35.9 Å². The highest BCUT2D eigenvalue weighted by Crippen LogP contribution is 2.22. The minimum Gasteiger partial charge on any atom is -0.326 e. The zero-order valence-corrected chi connectivity index (χ0v) is 14.5. The lowest BCUT2D eigenvalue weighted by Gasteiger charge is -2.07. The third-order valence-corrected chi connectivity index (χ3v) is 4.35. The van der Waals surface area contributed by atoms with E-state index in [1.807, 2.05) is 12.1 Å². The fourth-order valence-electron chi connectivity index (χ4n) is 2.07. The number of amides is 1. The Morgan fingerprint density at radius 1 is 1.29 bits per heavy atom. The van der Waals surface area contributed by atoms with Crippen LogP contribution in [0.15, 0.2) is 41.7 Å². The van der Waals surface area contributed by atoms with E-state index in [-0.39, 0.29) is 5.91 Å². The first-order valence-corrected chi connectivity index (χ1v) is 8.94. The Balaban J connectivity index is 1.88. The van der Waals surface area contributed by atoms with Crippen LogP contribution in [0.1, 0.15) is 37.4 Å². The number of nitriles is 1. The van der Waals surface area contributed by atoms with Crippen LogP contribution < -0.4 is 5.32 Å². The van der Waals surface area contributed by atoms with Crippen molar-refractivity contribution >= 4 is 23.4 Å². The van der Waals surface area contributed by atoms with Gasteiger partial charge in [0.1, 0.15) is 11.1 Å². The van der Waals surface area contributed by atoms with Crippen molar-refractivity contribution in [2.24, 2.45) is 0 Å². The van der Waals surface area contributed by atoms with Gasteiger partial charge in [-0.05, 0) is 37.1 Å². The summed E-state index contributed by atoms with van der Waals surface area (Å²) >= 11 is 1.45. The third kappa shape index (κ3) is 5.67. The zero-order chi connectivity index (χ0) is 17.2. The fourth-order valence-corrected chi connectivity index (χ4v) is 3.00. The van der Waals surface area contributed by atoms with Crippen LogP contribution in [0.5, 0.6) is 0 Å². The number of aryl methyl sites for hydroxylation is 1. The van der Waals surface area contributed by atoms with Gasteiger partial charge in [0.05, 0.1) is 5.56 Å². The number of hydrogen-bond acceptors (Lipinski definition) is 5. The number of anilines is 1. The van der Waals surface area contributed by atoms with Gasteiger partial charge in [-0.3, -0.25) is 9.78 Å². The van der Waals surface area contributed by atoms with E-state index in [4.69, 9.17) is 0 Å². The van der Waals surface area contributed by atoms with Crippen molar-refractivity contribution in [3.8, 4) is 6.07 Å². The zero-order valence-electron chi connectivity index (χ0n) is 13.7. The molecule has 0 unspecified atom stereocenters. The Kier molecular flexibility index (Phi) is 7.24. The van der Waals surface area contributed by atoms with Crippen LogP contribution in [-0.2, 0) is 11.2 Å². The van der Waals surface area contributed by atoms with Crippen molar-refractivity contribution in [1.29, 1.82) is 5.26 Å². The van der Waals surface area contributed by atoms with Crippen LogP contribution in [-0.4, -0.2) is 21.6 Å². The van der Waals surface area contributed by atoms with Gasteiger partial charge in [0.25, 0.3) is 0 Å². The molecule has 0 saturated heterocycles. The summed E-state index contributed by atoms with van der Waals surface area (Å²) in [4.78, 5) is 20.4. The van der Waals surface area contributed by atoms with Crippen LogP contribution in [0.25, 0.3) is 0 Å². The number of pyridine rings is 2. The Bertz CT molecular complexity index is 713. The Morgan fingerprint density at radius 3 is 2.79 bits per heavy atom. The molecule has 0 aromatic carbocycles. The molecule has 6 heteroatoms. The standard InChI is InChI=1S/C18H20N4OS/c1-2-3-4-15-6-5-14(13-19)18(22-15)24-12-9-17(23)21-16-7-10-20-11-8-16/h5-8,10-11H,2-4,9,12H2,1H3,(H,20,21,23). The molecule has 0 aliphatic rings. The summed E-state index contributed by atoms with van der Waals surface area (Å²) in [5, 5.41) is 12.7. The van der Waals surface area contributed by atoms with Gasteiger partial charge in [-0.1, -0.05) is 13.3 Å². The van der Waals surface area contributed by atoms with Crippen molar-refractivity contribution in [2.75, 3.05) is 11.1 Å². The smallest absolute Gasteiger partial charge is 0.225 e. The first kappa shape index (κ1) is 18.0. The van der Waals surface area contributed by atoms with E-state index in [2.05, 4.69) is 28.3 Å². The highest BCUT2D eigenvalue weighted by atomic mass is 32.2.